The molecule has 1 saturated heterocycles. The van der Waals surface area contributed by atoms with Crippen LogP contribution in [-0.2, 0) is 4.74 Å². The Labute approximate surface area is 130 Å². The number of methoxy groups -OCH3 is 1. The number of nitrogens with zero attached hydrogens (tertiary/aromatic N) is 1. The lowest BCUT2D eigenvalue weighted by atomic mass is 9.97. The van der Waals surface area contributed by atoms with Crippen molar-refractivity contribution in [3.8, 4) is 0 Å². The fraction of sp³-hybridized carbons (Fsp3) is 0.500. The summed E-state index contributed by atoms with van der Waals surface area (Å²) in [4.78, 5) is 25.0. The molecule has 0 radical (unpaired) electrons. The normalized spacial score (nSPS) is 15.3. The first-order valence-corrected chi connectivity index (χ1v) is 7.53. The minimum Gasteiger partial charge on any atom is -0.453 e. The first kappa shape index (κ1) is 16.1. The fourth-order valence-corrected chi connectivity index (χ4v) is 2.57. The molecule has 120 valence electrons. The average Bonchev–Trinajstić information content (AvgIpc) is 2.55. The first-order chi connectivity index (χ1) is 10.6. The van der Waals surface area contributed by atoms with Crippen LogP contribution < -0.4 is 10.6 Å². The zero-order valence-electron chi connectivity index (χ0n) is 13.1. The van der Waals surface area contributed by atoms with E-state index in [1.807, 2.05) is 31.2 Å². The van der Waals surface area contributed by atoms with Crippen LogP contribution in [0, 0.1) is 12.8 Å². The number of rotatable bonds is 3. The molecule has 0 bridgehead atoms. The lowest BCUT2D eigenvalue weighted by molar-refractivity contribution is 0.106. The van der Waals surface area contributed by atoms with Gasteiger partial charge in [0.05, 0.1) is 7.11 Å². The zero-order valence-corrected chi connectivity index (χ0v) is 13.1. The molecule has 6 nitrogen and oxygen atoms in total. The molecule has 0 aliphatic carbocycles. The Morgan fingerprint density at radius 1 is 1.27 bits per heavy atom. The van der Waals surface area contributed by atoms with E-state index in [2.05, 4.69) is 10.6 Å². The molecule has 1 aromatic rings. The van der Waals surface area contributed by atoms with Crippen LogP contribution in [-0.4, -0.2) is 43.8 Å². The third kappa shape index (κ3) is 4.38. The fourth-order valence-electron chi connectivity index (χ4n) is 2.57. The van der Waals surface area contributed by atoms with E-state index in [4.69, 9.17) is 4.74 Å². The van der Waals surface area contributed by atoms with Crippen molar-refractivity contribution in [2.24, 2.45) is 5.92 Å². The summed E-state index contributed by atoms with van der Waals surface area (Å²) >= 11 is 0. The number of anilines is 1. The van der Waals surface area contributed by atoms with Gasteiger partial charge in [0.2, 0.25) is 0 Å². The van der Waals surface area contributed by atoms with Crippen LogP contribution in [0.2, 0.25) is 0 Å². The summed E-state index contributed by atoms with van der Waals surface area (Å²) in [5.74, 6) is 0.392. The van der Waals surface area contributed by atoms with Crippen LogP contribution in [0.25, 0.3) is 0 Å². The zero-order chi connectivity index (χ0) is 15.9. The van der Waals surface area contributed by atoms with Crippen molar-refractivity contribution in [1.82, 2.24) is 10.2 Å². The van der Waals surface area contributed by atoms with Gasteiger partial charge in [-0.25, -0.2) is 9.59 Å². The van der Waals surface area contributed by atoms with E-state index in [0.29, 0.717) is 25.6 Å². The number of hydrogen-bond donors (Lipinski definition) is 2. The molecule has 22 heavy (non-hydrogen) atoms. The number of para-hydroxylation sites is 1. The number of urea groups is 1. The SMILES string of the molecule is COC(=O)N1CCC(CNC(=O)Nc2ccccc2C)CC1. The summed E-state index contributed by atoms with van der Waals surface area (Å²) in [7, 11) is 1.39. The van der Waals surface area contributed by atoms with Crippen molar-refractivity contribution in [3.63, 3.8) is 0 Å². The maximum absolute atomic E-state index is 11.9. The number of likely N-dealkylation sites (tertiary alicyclic amines) is 1. The Morgan fingerprint density at radius 3 is 2.59 bits per heavy atom. The number of benzene rings is 1. The molecule has 1 aliphatic rings. The highest BCUT2D eigenvalue weighted by Gasteiger charge is 2.23. The molecular formula is C16H23N3O3. The van der Waals surface area contributed by atoms with Gasteiger partial charge in [0.1, 0.15) is 0 Å². The number of hydrogen-bond acceptors (Lipinski definition) is 3. The Balaban J connectivity index is 1.72. The number of nitrogens with one attached hydrogen (secondary N) is 2. The lowest BCUT2D eigenvalue weighted by Crippen LogP contribution is -2.42. The maximum Gasteiger partial charge on any atom is 0.409 e. The number of piperidine rings is 1. The van der Waals surface area contributed by atoms with Crippen LogP contribution >= 0.6 is 0 Å². The highest BCUT2D eigenvalue weighted by molar-refractivity contribution is 5.89. The highest BCUT2D eigenvalue weighted by Crippen LogP contribution is 2.17. The Morgan fingerprint density at radius 2 is 1.95 bits per heavy atom. The second-order valence-electron chi connectivity index (χ2n) is 5.55. The topological polar surface area (TPSA) is 70.7 Å². The molecule has 0 unspecified atom stereocenters. The lowest BCUT2D eigenvalue weighted by Gasteiger charge is -2.30. The largest absolute Gasteiger partial charge is 0.453 e. The molecule has 1 fully saturated rings. The molecule has 2 rings (SSSR count). The molecule has 1 aliphatic heterocycles. The second-order valence-corrected chi connectivity index (χ2v) is 5.55. The third-order valence-corrected chi connectivity index (χ3v) is 3.99. The van der Waals surface area contributed by atoms with E-state index in [-0.39, 0.29) is 12.1 Å². The molecule has 0 aromatic heterocycles. The van der Waals surface area contributed by atoms with Gasteiger partial charge in [-0.1, -0.05) is 18.2 Å². The van der Waals surface area contributed by atoms with Crippen LogP contribution in [0.3, 0.4) is 0 Å². The van der Waals surface area contributed by atoms with Crippen LogP contribution in [0.1, 0.15) is 18.4 Å². The number of amides is 3. The van der Waals surface area contributed by atoms with Gasteiger partial charge in [0, 0.05) is 25.3 Å². The molecule has 6 heteroatoms. The summed E-state index contributed by atoms with van der Waals surface area (Å²) in [5, 5.41) is 5.75. The van der Waals surface area contributed by atoms with Crippen molar-refractivity contribution in [2.75, 3.05) is 32.1 Å². The summed E-state index contributed by atoms with van der Waals surface area (Å²) in [5.41, 5.74) is 1.85. The molecule has 2 N–H and O–H groups in total. The van der Waals surface area contributed by atoms with Gasteiger partial charge in [0.25, 0.3) is 0 Å². The van der Waals surface area contributed by atoms with Crippen molar-refractivity contribution < 1.29 is 14.3 Å². The third-order valence-electron chi connectivity index (χ3n) is 3.99. The standard InChI is InChI=1S/C16H23N3O3/c1-12-5-3-4-6-14(12)18-15(20)17-11-13-7-9-19(10-8-13)16(21)22-2/h3-6,13H,7-11H2,1-2H3,(H2,17,18,20). The molecule has 3 amide bonds. The number of aryl methyl sites for hydroxylation is 1. The van der Waals surface area contributed by atoms with E-state index in [0.717, 1.165) is 24.1 Å². The van der Waals surface area contributed by atoms with Crippen molar-refractivity contribution >= 4 is 17.8 Å². The quantitative estimate of drug-likeness (QED) is 0.901. The predicted molar refractivity (Wildman–Crippen MR) is 84.9 cm³/mol. The first-order valence-electron chi connectivity index (χ1n) is 7.53. The number of carbonyl (C=O) groups is 2. The van der Waals surface area contributed by atoms with Crippen LogP contribution in [0.5, 0.6) is 0 Å². The van der Waals surface area contributed by atoms with Gasteiger partial charge < -0.3 is 20.3 Å². The van der Waals surface area contributed by atoms with Gasteiger partial charge in [-0.2, -0.15) is 0 Å². The van der Waals surface area contributed by atoms with Gasteiger partial charge in [0.15, 0.2) is 0 Å². The Bertz CT molecular complexity index is 525. The van der Waals surface area contributed by atoms with E-state index in [1.165, 1.54) is 7.11 Å². The highest BCUT2D eigenvalue weighted by atomic mass is 16.5. The van der Waals surface area contributed by atoms with E-state index in [9.17, 15) is 9.59 Å². The van der Waals surface area contributed by atoms with Crippen molar-refractivity contribution in [2.45, 2.75) is 19.8 Å². The predicted octanol–water partition coefficient (Wildman–Crippen LogP) is 2.59. The molecule has 1 heterocycles. The van der Waals surface area contributed by atoms with Crippen LogP contribution in [0.15, 0.2) is 24.3 Å². The molecular weight excluding hydrogens is 282 g/mol. The minimum absolute atomic E-state index is 0.190. The van der Waals surface area contributed by atoms with Crippen LogP contribution in [0.4, 0.5) is 15.3 Å². The van der Waals surface area contributed by atoms with E-state index >= 15 is 0 Å². The van der Waals surface area contributed by atoms with E-state index < -0.39 is 0 Å². The van der Waals surface area contributed by atoms with Gasteiger partial charge in [-0.3, -0.25) is 0 Å². The Kier molecular flexibility index (Phi) is 5.63. The smallest absolute Gasteiger partial charge is 0.409 e. The summed E-state index contributed by atoms with van der Waals surface area (Å²) in [6, 6.07) is 7.48. The van der Waals surface area contributed by atoms with Gasteiger partial charge in [-0.05, 0) is 37.3 Å². The number of ether oxygens (including phenoxy) is 1. The average molecular weight is 305 g/mol. The van der Waals surface area contributed by atoms with Gasteiger partial charge >= 0.3 is 12.1 Å². The molecule has 0 atom stereocenters. The van der Waals surface area contributed by atoms with Gasteiger partial charge in [-0.15, -0.1) is 0 Å². The number of carbonyl (C=O) groups excluding carboxylic acids is 2. The monoisotopic (exact) mass is 305 g/mol. The van der Waals surface area contributed by atoms with Crippen molar-refractivity contribution in [1.29, 1.82) is 0 Å². The maximum atomic E-state index is 11.9. The molecule has 1 aromatic carbocycles. The van der Waals surface area contributed by atoms with Crippen molar-refractivity contribution in [3.05, 3.63) is 29.8 Å². The second kappa shape index (κ2) is 7.68. The van der Waals surface area contributed by atoms with E-state index in [1.54, 1.807) is 4.90 Å². The molecule has 0 spiro atoms. The minimum atomic E-state index is -0.274. The molecule has 0 saturated carbocycles. The summed E-state index contributed by atoms with van der Waals surface area (Å²) < 4.78 is 4.71. The Hall–Kier alpha value is -2.24. The summed E-state index contributed by atoms with van der Waals surface area (Å²) in [6.07, 6.45) is 1.48. The summed E-state index contributed by atoms with van der Waals surface area (Å²) in [6.45, 7) is 3.93.